The number of nitrogens with zero attached hydrogens (tertiary/aromatic N) is 4. The van der Waals surface area contributed by atoms with Crippen molar-refractivity contribution in [2.24, 2.45) is 5.16 Å². The Hall–Kier alpha value is -2.67. The molecule has 0 saturated carbocycles. The van der Waals surface area contributed by atoms with Crippen LogP contribution in [-0.4, -0.2) is 28.5 Å². The summed E-state index contributed by atoms with van der Waals surface area (Å²) in [6, 6.07) is 7.58. The normalized spacial score (nSPS) is 11.2. The third-order valence-corrected chi connectivity index (χ3v) is 4.01. The smallest absolute Gasteiger partial charge is 0.226 e. The molecule has 2 aromatic heterocycles. The van der Waals surface area contributed by atoms with Gasteiger partial charge in [0.25, 0.3) is 0 Å². The molecule has 3 rings (SSSR count). The van der Waals surface area contributed by atoms with E-state index in [0.29, 0.717) is 37.4 Å². The van der Waals surface area contributed by atoms with Crippen molar-refractivity contribution in [3.63, 3.8) is 0 Å². The van der Waals surface area contributed by atoms with E-state index in [2.05, 4.69) is 14.7 Å². The van der Waals surface area contributed by atoms with E-state index in [-0.39, 0.29) is 0 Å². The van der Waals surface area contributed by atoms with E-state index in [0.717, 1.165) is 33.6 Å². The van der Waals surface area contributed by atoms with Crippen LogP contribution in [0, 0.1) is 5.21 Å². The van der Waals surface area contributed by atoms with Gasteiger partial charge in [0.05, 0.1) is 16.6 Å². The summed E-state index contributed by atoms with van der Waals surface area (Å²) in [6.45, 7) is 7.99. The first-order chi connectivity index (χ1) is 12.6. The molecule has 0 unspecified atom stereocenters. The summed E-state index contributed by atoms with van der Waals surface area (Å²) in [6.07, 6.45) is 2.31. The molecule has 1 aromatic carbocycles. The topological polar surface area (TPSA) is 75.6 Å². The van der Waals surface area contributed by atoms with E-state index in [4.69, 9.17) is 9.57 Å². The maximum absolute atomic E-state index is 12.3. The van der Waals surface area contributed by atoms with Crippen LogP contribution in [0.25, 0.3) is 21.9 Å². The fourth-order valence-electron chi connectivity index (χ4n) is 2.95. The SMILES string of the molecule is CCOCc1nc2c[n+]([O-])c3ccccc3c2n1CCCON=C(C)C. The highest BCUT2D eigenvalue weighted by molar-refractivity contribution is 6.00. The van der Waals surface area contributed by atoms with Crippen LogP contribution in [-0.2, 0) is 22.7 Å². The first kappa shape index (κ1) is 18.1. The molecule has 0 N–H and O–H groups in total. The Kier molecular flexibility index (Phi) is 5.68. The number of hydrogen-bond donors (Lipinski definition) is 0. The standard InChI is InChI=1S/C19H24N4O3/c1-4-25-13-18-20-16-12-23(24)17-9-6-5-8-15(17)19(16)22(18)10-7-11-26-21-14(2)3/h5-6,8-9,12H,4,7,10-11,13H2,1-3H3. The van der Waals surface area contributed by atoms with Crippen molar-refractivity contribution in [3.8, 4) is 0 Å². The van der Waals surface area contributed by atoms with Gasteiger partial charge in [-0.2, -0.15) is 4.73 Å². The molecular weight excluding hydrogens is 332 g/mol. The van der Waals surface area contributed by atoms with Crippen molar-refractivity contribution in [2.45, 2.75) is 40.3 Å². The van der Waals surface area contributed by atoms with Crippen molar-refractivity contribution in [1.29, 1.82) is 0 Å². The van der Waals surface area contributed by atoms with Gasteiger partial charge in [0.2, 0.25) is 11.7 Å². The van der Waals surface area contributed by atoms with Gasteiger partial charge in [-0.25, -0.2) is 4.98 Å². The third kappa shape index (κ3) is 3.77. The Balaban J connectivity index is 1.99. The van der Waals surface area contributed by atoms with Gasteiger partial charge in [-0.15, -0.1) is 0 Å². The molecule has 7 heteroatoms. The number of oxime groups is 1. The van der Waals surface area contributed by atoms with Gasteiger partial charge in [0, 0.05) is 25.6 Å². The van der Waals surface area contributed by atoms with Crippen molar-refractivity contribution in [3.05, 3.63) is 41.5 Å². The lowest BCUT2D eigenvalue weighted by atomic mass is 10.2. The summed E-state index contributed by atoms with van der Waals surface area (Å²) >= 11 is 0. The molecule has 0 aliphatic heterocycles. The molecular formula is C19H24N4O3. The van der Waals surface area contributed by atoms with Crippen LogP contribution in [0.3, 0.4) is 0 Å². The second-order valence-corrected chi connectivity index (χ2v) is 6.25. The number of aromatic nitrogens is 3. The van der Waals surface area contributed by atoms with Gasteiger partial charge in [0.1, 0.15) is 19.0 Å². The maximum Gasteiger partial charge on any atom is 0.226 e. The van der Waals surface area contributed by atoms with E-state index in [1.54, 1.807) is 0 Å². The molecule has 0 saturated heterocycles. The molecule has 2 heterocycles. The molecule has 0 fully saturated rings. The zero-order chi connectivity index (χ0) is 18.5. The summed E-state index contributed by atoms with van der Waals surface area (Å²) in [5, 5.41) is 17.1. The lowest BCUT2D eigenvalue weighted by Gasteiger charge is -2.10. The Morgan fingerprint density at radius 2 is 2.12 bits per heavy atom. The Labute approximate surface area is 152 Å². The monoisotopic (exact) mass is 356 g/mol. The molecule has 3 aromatic rings. The number of para-hydroxylation sites is 1. The lowest BCUT2D eigenvalue weighted by molar-refractivity contribution is -0.575. The van der Waals surface area contributed by atoms with Crippen molar-refractivity contribution < 1.29 is 14.3 Å². The Morgan fingerprint density at radius 3 is 2.88 bits per heavy atom. The van der Waals surface area contributed by atoms with Gasteiger partial charge >= 0.3 is 0 Å². The van der Waals surface area contributed by atoms with Crippen LogP contribution in [0.1, 0.15) is 33.0 Å². The summed E-state index contributed by atoms with van der Waals surface area (Å²) in [5.74, 6) is 0.813. The van der Waals surface area contributed by atoms with Gasteiger partial charge in [-0.05, 0) is 26.8 Å². The van der Waals surface area contributed by atoms with E-state index < -0.39 is 0 Å². The largest absolute Gasteiger partial charge is 0.618 e. The van der Waals surface area contributed by atoms with Crippen LogP contribution in [0.4, 0.5) is 0 Å². The quantitative estimate of drug-likeness (QED) is 0.204. The highest BCUT2D eigenvalue weighted by Crippen LogP contribution is 2.24. The fourth-order valence-corrected chi connectivity index (χ4v) is 2.95. The van der Waals surface area contributed by atoms with Crippen molar-refractivity contribution >= 4 is 27.6 Å². The molecule has 0 spiro atoms. The molecule has 0 aliphatic carbocycles. The minimum Gasteiger partial charge on any atom is -0.618 e. The minimum absolute atomic E-state index is 0.408. The lowest BCUT2D eigenvalue weighted by Crippen LogP contribution is -2.26. The van der Waals surface area contributed by atoms with Gasteiger partial charge in [-0.1, -0.05) is 17.3 Å². The Morgan fingerprint density at radius 1 is 1.31 bits per heavy atom. The molecule has 0 atom stereocenters. The average molecular weight is 356 g/mol. The number of fused-ring (bicyclic) bond motifs is 3. The van der Waals surface area contributed by atoms with E-state index >= 15 is 0 Å². The summed E-state index contributed by atoms with van der Waals surface area (Å²) in [7, 11) is 0. The van der Waals surface area contributed by atoms with Gasteiger partial charge in [-0.3, -0.25) is 0 Å². The van der Waals surface area contributed by atoms with Crippen LogP contribution < -0.4 is 4.73 Å². The zero-order valence-electron chi connectivity index (χ0n) is 15.4. The molecule has 0 aliphatic rings. The first-order valence-electron chi connectivity index (χ1n) is 8.82. The zero-order valence-corrected chi connectivity index (χ0v) is 15.4. The minimum atomic E-state index is 0.408. The van der Waals surface area contributed by atoms with Crippen LogP contribution in [0.5, 0.6) is 0 Å². The van der Waals surface area contributed by atoms with Crippen LogP contribution in [0.15, 0.2) is 35.6 Å². The molecule has 0 amide bonds. The number of rotatable bonds is 8. The second-order valence-electron chi connectivity index (χ2n) is 6.25. The molecule has 0 bridgehead atoms. The summed E-state index contributed by atoms with van der Waals surface area (Å²) < 4.78 is 8.57. The predicted molar refractivity (Wildman–Crippen MR) is 101 cm³/mol. The van der Waals surface area contributed by atoms with E-state index in [1.165, 1.54) is 6.20 Å². The van der Waals surface area contributed by atoms with Crippen LogP contribution in [0.2, 0.25) is 0 Å². The number of aryl methyl sites for hydroxylation is 1. The van der Waals surface area contributed by atoms with Gasteiger partial charge in [0.15, 0.2) is 5.52 Å². The summed E-state index contributed by atoms with van der Waals surface area (Å²) in [5.41, 5.74) is 3.15. The van der Waals surface area contributed by atoms with Gasteiger partial charge < -0.3 is 19.3 Å². The van der Waals surface area contributed by atoms with E-state index in [9.17, 15) is 5.21 Å². The number of pyridine rings is 1. The number of hydrogen-bond acceptors (Lipinski definition) is 5. The van der Waals surface area contributed by atoms with Crippen molar-refractivity contribution in [1.82, 2.24) is 9.55 Å². The Bertz CT molecular complexity index is 929. The van der Waals surface area contributed by atoms with E-state index in [1.807, 2.05) is 45.0 Å². The first-order valence-corrected chi connectivity index (χ1v) is 8.82. The maximum atomic E-state index is 12.3. The number of ether oxygens (including phenoxy) is 1. The second kappa shape index (κ2) is 8.14. The third-order valence-electron chi connectivity index (χ3n) is 4.01. The molecule has 138 valence electrons. The highest BCUT2D eigenvalue weighted by Gasteiger charge is 2.18. The predicted octanol–water partition coefficient (Wildman–Crippen LogP) is 3.16. The average Bonchev–Trinajstić information content (AvgIpc) is 2.97. The highest BCUT2D eigenvalue weighted by atomic mass is 16.6. The number of benzene rings is 1. The fraction of sp³-hybridized carbons (Fsp3) is 0.421. The molecule has 0 radical (unpaired) electrons. The summed E-state index contributed by atoms with van der Waals surface area (Å²) in [4.78, 5) is 9.94. The molecule has 7 nitrogen and oxygen atoms in total. The van der Waals surface area contributed by atoms with Crippen molar-refractivity contribution in [2.75, 3.05) is 13.2 Å². The number of imidazole rings is 1. The molecule has 26 heavy (non-hydrogen) atoms. The van der Waals surface area contributed by atoms with Crippen LogP contribution >= 0.6 is 0 Å².